The van der Waals surface area contributed by atoms with E-state index in [2.05, 4.69) is 11.2 Å². The Morgan fingerprint density at radius 1 is 1.13 bits per heavy atom. The summed E-state index contributed by atoms with van der Waals surface area (Å²) in [5, 5.41) is 0. The first kappa shape index (κ1) is 9.58. The van der Waals surface area contributed by atoms with Crippen molar-refractivity contribution in [3.63, 3.8) is 0 Å². The fraction of sp³-hybridized carbons (Fsp3) is 0.182. The minimum absolute atomic E-state index is 0.493. The number of aromatic nitrogens is 1. The molecule has 1 aromatic carbocycles. The van der Waals surface area contributed by atoms with Crippen LogP contribution in [0, 0.1) is 6.20 Å². The van der Waals surface area contributed by atoms with E-state index in [9.17, 15) is 0 Å². The SMILES string of the molecule is COc1cc(OC)cc(-c2n[c]co2)c1. The zero-order valence-electron chi connectivity index (χ0n) is 8.48. The summed E-state index contributed by atoms with van der Waals surface area (Å²) in [5.74, 6) is 1.89. The third-order valence-corrected chi connectivity index (χ3v) is 1.99. The first-order valence-electron chi connectivity index (χ1n) is 4.38. The molecule has 0 aliphatic heterocycles. The lowest BCUT2D eigenvalue weighted by Gasteiger charge is -2.05. The molecule has 2 aromatic rings. The number of methoxy groups -OCH3 is 2. The van der Waals surface area contributed by atoms with Crippen molar-refractivity contribution in [3.8, 4) is 23.0 Å². The van der Waals surface area contributed by atoms with Crippen LogP contribution in [0.4, 0.5) is 0 Å². The Bertz CT molecular complexity index is 415. The second-order valence-electron chi connectivity index (χ2n) is 2.88. The smallest absolute Gasteiger partial charge is 0.226 e. The summed E-state index contributed by atoms with van der Waals surface area (Å²) >= 11 is 0. The standard InChI is InChI=1S/C11H10NO3/c1-13-9-5-8(6-10(7-9)14-2)11-12-3-4-15-11/h4-7H,1-2H3. The molecule has 77 valence electrons. The molecule has 0 amide bonds. The van der Waals surface area contributed by atoms with Crippen molar-refractivity contribution in [3.05, 3.63) is 30.7 Å². The molecule has 1 aromatic heterocycles. The predicted molar refractivity (Wildman–Crippen MR) is 53.9 cm³/mol. The highest BCUT2D eigenvalue weighted by atomic mass is 16.5. The van der Waals surface area contributed by atoms with E-state index >= 15 is 0 Å². The highest BCUT2D eigenvalue weighted by Gasteiger charge is 2.07. The Morgan fingerprint density at radius 3 is 2.27 bits per heavy atom. The van der Waals surface area contributed by atoms with Crippen LogP contribution in [-0.4, -0.2) is 19.2 Å². The van der Waals surface area contributed by atoms with E-state index in [1.54, 1.807) is 20.3 Å². The van der Waals surface area contributed by atoms with Gasteiger partial charge in [-0.2, -0.15) is 0 Å². The first-order chi connectivity index (χ1) is 7.33. The van der Waals surface area contributed by atoms with Crippen LogP contribution in [-0.2, 0) is 0 Å². The first-order valence-corrected chi connectivity index (χ1v) is 4.38. The van der Waals surface area contributed by atoms with Gasteiger partial charge in [-0.05, 0) is 12.1 Å². The highest BCUT2D eigenvalue weighted by Crippen LogP contribution is 2.28. The zero-order chi connectivity index (χ0) is 10.7. The van der Waals surface area contributed by atoms with E-state index in [1.807, 2.05) is 12.1 Å². The van der Waals surface area contributed by atoms with Gasteiger partial charge in [0.2, 0.25) is 5.89 Å². The number of benzene rings is 1. The fourth-order valence-electron chi connectivity index (χ4n) is 1.26. The minimum atomic E-state index is 0.493. The van der Waals surface area contributed by atoms with Crippen LogP contribution in [0.1, 0.15) is 0 Å². The number of rotatable bonds is 3. The topological polar surface area (TPSA) is 44.5 Å². The van der Waals surface area contributed by atoms with Crippen LogP contribution < -0.4 is 9.47 Å². The van der Waals surface area contributed by atoms with Gasteiger partial charge < -0.3 is 13.9 Å². The van der Waals surface area contributed by atoms with Gasteiger partial charge in [-0.25, -0.2) is 4.98 Å². The predicted octanol–water partition coefficient (Wildman–Crippen LogP) is 2.16. The Balaban J connectivity index is 2.47. The third-order valence-electron chi connectivity index (χ3n) is 1.99. The number of nitrogens with zero attached hydrogens (tertiary/aromatic N) is 1. The molecule has 0 aliphatic rings. The molecule has 4 heteroatoms. The molecule has 0 saturated carbocycles. The molecule has 1 heterocycles. The van der Waals surface area contributed by atoms with E-state index in [1.165, 1.54) is 6.26 Å². The lowest BCUT2D eigenvalue weighted by atomic mass is 10.2. The molecule has 0 aliphatic carbocycles. The quantitative estimate of drug-likeness (QED) is 0.768. The average Bonchev–Trinajstić information content (AvgIpc) is 2.81. The van der Waals surface area contributed by atoms with E-state index < -0.39 is 0 Å². The van der Waals surface area contributed by atoms with Crippen LogP contribution in [0.25, 0.3) is 11.5 Å². The lowest BCUT2D eigenvalue weighted by molar-refractivity contribution is 0.394. The molecule has 0 bridgehead atoms. The summed E-state index contributed by atoms with van der Waals surface area (Å²) in [6, 6.07) is 5.43. The van der Waals surface area contributed by atoms with Gasteiger partial charge in [0.1, 0.15) is 24.0 Å². The largest absolute Gasteiger partial charge is 0.497 e. The van der Waals surface area contributed by atoms with E-state index in [0.717, 1.165) is 5.56 Å². The molecule has 0 spiro atoms. The van der Waals surface area contributed by atoms with Crippen LogP contribution in [0.15, 0.2) is 28.9 Å². The van der Waals surface area contributed by atoms with E-state index in [-0.39, 0.29) is 0 Å². The summed E-state index contributed by atoms with van der Waals surface area (Å²) < 4.78 is 15.4. The summed E-state index contributed by atoms with van der Waals surface area (Å²) in [6.45, 7) is 0. The highest BCUT2D eigenvalue weighted by molar-refractivity contribution is 5.59. The monoisotopic (exact) mass is 204 g/mol. The van der Waals surface area contributed by atoms with Crippen molar-refractivity contribution in [2.75, 3.05) is 14.2 Å². The maximum atomic E-state index is 5.14. The van der Waals surface area contributed by atoms with Gasteiger partial charge in [-0.15, -0.1) is 0 Å². The number of hydrogen-bond donors (Lipinski definition) is 0. The van der Waals surface area contributed by atoms with Gasteiger partial charge in [0.25, 0.3) is 0 Å². The molecule has 0 unspecified atom stereocenters. The molecule has 0 fully saturated rings. The summed E-state index contributed by atoms with van der Waals surface area (Å²) in [6.07, 6.45) is 4.01. The fourth-order valence-corrected chi connectivity index (χ4v) is 1.26. The molecule has 0 N–H and O–H groups in total. The molecule has 2 rings (SSSR count). The molecular formula is C11H10NO3. The Hall–Kier alpha value is -1.97. The van der Waals surface area contributed by atoms with Crippen molar-refractivity contribution in [1.29, 1.82) is 0 Å². The van der Waals surface area contributed by atoms with Crippen LogP contribution >= 0.6 is 0 Å². The van der Waals surface area contributed by atoms with Crippen LogP contribution in [0.2, 0.25) is 0 Å². The molecule has 15 heavy (non-hydrogen) atoms. The number of hydrogen-bond acceptors (Lipinski definition) is 4. The van der Waals surface area contributed by atoms with Crippen LogP contribution in [0.5, 0.6) is 11.5 Å². The maximum absolute atomic E-state index is 5.14. The van der Waals surface area contributed by atoms with Gasteiger partial charge in [0.15, 0.2) is 0 Å². The van der Waals surface area contributed by atoms with Gasteiger partial charge >= 0.3 is 0 Å². The van der Waals surface area contributed by atoms with Crippen molar-refractivity contribution in [1.82, 2.24) is 4.98 Å². The van der Waals surface area contributed by atoms with Gasteiger partial charge in [-0.1, -0.05) is 0 Å². The zero-order valence-corrected chi connectivity index (χ0v) is 8.48. The van der Waals surface area contributed by atoms with Gasteiger partial charge in [0, 0.05) is 11.6 Å². The van der Waals surface area contributed by atoms with E-state index in [4.69, 9.17) is 13.9 Å². The van der Waals surface area contributed by atoms with Crippen molar-refractivity contribution in [2.45, 2.75) is 0 Å². The second-order valence-corrected chi connectivity index (χ2v) is 2.88. The minimum Gasteiger partial charge on any atom is -0.497 e. The third kappa shape index (κ3) is 1.93. The summed E-state index contributed by atoms with van der Waals surface area (Å²) in [5.41, 5.74) is 0.799. The molecule has 0 atom stereocenters. The van der Waals surface area contributed by atoms with Crippen molar-refractivity contribution in [2.24, 2.45) is 0 Å². The van der Waals surface area contributed by atoms with Crippen molar-refractivity contribution >= 4 is 0 Å². The Labute approximate surface area is 87.5 Å². The molecule has 1 radical (unpaired) electrons. The summed E-state index contributed by atoms with van der Waals surface area (Å²) in [4.78, 5) is 3.93. The average molecular weight is 204 g/mol. The Morgan fingerprint density at radius 2 is 1.80 bits per heavy atom. The molecular weight excluding hydrogens is 194 g/mol. The number of ether oxygens (including phenoxy) is 2. The molecule has 4 nitrogen and oxygen atoms in total. The van der Waals surface area contributed by atoms with Gasteiger partial charge in [0.05, 0.1) is 14.2 Å². The molecule has 0 saturated heterocycles. The summed E-state index contributed by atoms with van der Waals surface area (Å²) in [7, 11) is 3.19. The normalized spacial score (nSPS) is 10.0. The second kappa shape index (κ2) is 4.04. The van der Waals surface area contributed by atoms with E-state index in [0.29, 0.717) is 17.4 Å². The Kier molecular flexibility index (Phi) is 2.58. The van der Waals surface area contributed by atoms with Crippen LogP contribution in [0.3, 0.4) is 0 Å². The van der Waals surface area contributed by atoms with Crippen molar-refractivity contribution < 1.29 is 13.9 Å². The maximum Gasteiger partial charge on any atom is 0.226 e. The van der Waals surface area contributed by atoms with Gasteiger partial charge in [-0.3, -0.25) is 0 Å². The number of oxazole rings is 1. The lowest BCUT2D eigenvalue weighted by Crippen LogP contribution is -1.88.